The first-order valence-corrected chi connectivity index (χ1v) is 6.24. The topological polar surface area (TPSA) is 57.6 Å². The molecule has 4 heteroatoms. The molecular weight excluding hydrogens is 230 g/mol. The molecule has 1 aliphatic rings. The lowest BCUT2D eigenvalue weighted by Gasteiger charge is -2.18. The van der Waals surface area contributed by atoms with Gasteiger partial charge in [-0.05, 0) is 49.4 Å². The molecule has 0 saturated carbocycles. The Kier molecular flexibility index (Phi) is 3.65. The number of hydrogen-bond donors (Lipinski definition) is 1. The number of rotatable bonds is 4. The van der Waals surface area contributed by atoms with Gasteiger partial charge in [0.1, 0.15) is 6.54 Å². The van der Waals surface area contributed by atoms with E-state index < -0.39 is 5.97 Å². The normalized spacial score (nSPS) is 13.2. The minimum absolute atomic E-state index is 0.199. The Hall–Kier alpha value is -1.84. The van der Waals surface area contributed by atoms with E-state index >= 15 is 0 Å². The zero-order valence-electron chi connectivity index (χ0n) is 10.5. The minimum atomic E-state index is -0.980. The van der Waals surface area contributed by atoms with Crippen LogP contribution < -0.4 is 0 Å². The fourth-order valence-corrected chi connectivity index (χ4v) is 2.38. The highest BCUT2D eigenvalue weighted by atomic mass is 16.4. The van der Waals surface area contributed by atoms with E-state index in [2.05, 4.69) is 0 Å². The van der Waals surface area contributed by atoms with E-state index in [0.717, 1.165) is 19.3 Å². The first kappa shape index (κ1) is 12.6. The van der Waals surface area contributed by atoms with Crippen molar-refractivity contribution in [3.05, 3.63) is 34.9 Å². The number of benzene rings is 1. The van der Waals surface area contributed by atoms with Crippen LogP contribution in [-0.4, -0.2) is 35.0 Å². The molecule has 0 heterocycles. The van der Waals surface area contributed by atoms with Crippen LogP contribution in [0.3, 0.4) is 0 Å². The largest absolute Gasteiger partial charge is 0.480 e. The zero-order valence-corrected chi connectivity index (χ0v) is 10.5. The summed E-state index contributed by atoms with van der Waals surface area (Å²) in [5, 5.41) is 8.77. The lowest BCUT2D eigenvalue weighted by Crippen LogP contribution is -2.35. The van der Waals surface area contributed by atoms with Crippen molar-refractivity contribution in [3.8, 4) is 0 Å². The molecule has 1 aromatic carbocycles. The molecule has 1 aliphatic carbocycles. The molecule has 1 amide bonds. The number of hydrogen-bond acceptors (Lipinski definition) is 2. The van der Waals surface area contributed by atoms with Crippen molar-refractivity contribution in [3.63, 3.8) is 0 Å². The van der Waals surface area contributed by atoms with Gasteiger partial charge in [-0.1, -0.05) is 6.07 Å². The fourth-order valence-electron chi connectivity index (χ4n) is 2.38. The number of carbonyl (C=O) groups excluding carboxylic acids is 1. The van der Waals surface area contributed by atoms with Gasteiger partial charge in [0.15, 0.2) is 0 Å². The molecule has 0 radical (unpaired) electrons. The van der Waals surface area contributed by atoms with Crippen molar-refractivity contribution < 1.29 is 14.7 Å². The molecule has 0 bridgehead atoms. The summed E-state index contributed by atoms with van der Waals surface area (Å²) in [7, 11) is 0. The molecule has 2 rings (SSSR count). The van der Waals surface area contributed by atoms with E-state index in [1.54, 1.807) is 13.0 Å². The fraction of sp³-hybridized carbons (Fsp3) is 0.429. The third-order valence-corrected chi connectivity index (χ3v) is 3.34. The number of fused-ring (bicyclic) bond motifs is 1. The van der Waals surface area contributed by atoms with Crippen molar-refractivity contribution in [1.29, 1.82) is 0 Å². The molecule has 1 N–H and O–H groups in total. The van der Waals surface area contributed by atoms with Gasteiger partial charge in [0, 0.05) is 12.1 Å². The number of likely N-dealkylation sites (N-methyl/N-ethyl adjacent to an activating group) is 1. The Morgan fingerprint density at radius 3 is 2.67 bits per heavy atom. The second kappa shape index (κ2) is 5.21. The van der Waals surface area contributed by atoms with Crippen LogP contribution in [0.4, 0.5) is 0 Å². The number of aryl methyl sites for hydroxylation is 2. The van der Waals surface area contributed by atoms with Crippen molar-refractivity contribution in [1.82, 2.24) is 4.90 Å². The molecule has 18 heavy (non-hydrogen) atoms. The molecule has 0 atom stereocenters. The van der Waals surface area contributed by atoms with Crippen LogP contribution in [0, 0.1) is 0 Å². The Labute approximate surface area is 106 Å². The SMILES string of the molecule is CCN(CC(=O)O)C(=O)c1ccc2c(c1)CCC2. The maximum atomic E-state index is 12.2. The van der Waals surface area contributed by atoms with E-state index in [0.29, 0.717) is 12.1 Å². The van der Waals surface area contributed by atoms with Crippen LogP contribution in [0.1, 0.15) is 34.8 Å². The van der Waals surface area contributed by atoms with Crippen LogP contribution in [0.15, 0.2) is 18.2 Å². The molecule has 0 unspecified atom stereocenters. The summed E-state index contributed by atoms with van der Waals surface area (Å²) in [4.78, 5) is 24.2. The van der Waals surface area contributed by atoms with Crippen LogP contribution in [0.5, 0.6) is 0 Å². The number of amides is 1. The van der Waals surface area contributed by atoms with Crippen molar-refractivity contribution >= 4 is 11.9 Å². The molecule has 0 saturated heterocycles. The number of carboxylic acid groups (broad SMARTS) is 1. The number of aliphatic carboxylic acids is 1. The highest BCUT2D eigenvalue weighted by molar-refractivity contribution is 5.96. The number of carbonyl (C=O) groups is 2. The van der Waals surface area contributed by atoms with Gasteiger partial charge < -0.3 is 10.0 Å². The third kappa shape index (κ3) is 2.53. The monoisotopic (exact) mass is 247 g/mol. The van der Waals surface area contributed by atoms with Crippen LogP contribution in [0.2, 0.25) is 0 Å². The van der Waals surface area contributed by atoms with Crippen LogP contribution in [-0.2, 0) is 17.6 Å². The Bertz CT molecular complexity index is 482. The predicted molar refractivity (Wildman–Crippen MR) is 67.7 cm³/mol. The smallest absolute Gasteiger partial charge is 0.323 e. The van der Waals surface area contributed by atoms with Crippen LogP contribution in [0.25, 0.3) is 0 Å². The zero-order chi connectivity index (χ0) is 13.1. The van der Waals surface area contributed by atoms with Gasteiger partial charge in [0.2, 0.25) is 0 Å². The van der Waals surface area contributed by atoms with Crippen molar-refractivity contribution in [2.45, 2.75) is 26.2 Å². The van der Waals surface area contributed by atoms with Crippen molar-refractivity contribution in [2.24, 2.45) is 0 Å². The summed E-state index contributed by atoms with van der Waals surface area (Å²) in [6, 6.07) is 5.70. The lowest BCUT2D eigenvalue weighted by molar-refractivity contribution is -0.137. The summed E-state index contributed by atoms with van der Waals surface area (Å²) in [6.45, 7) is 1.95. The summed E-state index contributed by atoms with van der Waals surface area (Å²) in [5.41, 5.74) is 3.14. The summed E-state index contributed by atoms with van der Waals surface area (Å²) in [6.07, 6.45) is 3.23. The highest BCUT2D eigenvalue weighted by Crippen LogP contribution is 2.23. The van der Waals surface area contributed by atoms with Gasteiger partial charge in [-0.2, -0.15) is 0 Å². The maximum Gasteiger partial charge on any atom is 0.323 e. The standard InChI is InChI=1S/C14H17NO3/c1-2-15(9-13(16)17)14(18)12-7-6-10-4-3-5-11(10)8-12/h6-8H,2-5,9H2,1H3,(H,16,17). The Morgan fingerprint density at radius 1 is 1.28 bits per heavy atom. The van der Waals surface area contributed by atoms with Gasteiger partial charge in [0.05, 0.1) is 0 Å². The molecule has 0 spiro atoms. The van der Waals surface area contributed by atoms with E-state index in [-0.39, 0.29) is 12.5 Å². The maximum absolute atomic E-state index is 12.2. The first-order valence-electron chi connectivity index (χ1n) is 6.24. The molecule has 0 fully saturated rings. The lowest BCUT2D eigenvalue weighted by atomic mass is 10.1. The second-order valence-corrected chi connectivity index (χ2v) is 4.55. The molecule has 4 nitrogen and oxygen atoms in total. The van der Waals surface area contributed by atoms with Gasteiger partial charge in [-0.25, -0.2) is 0 Å². The Morgan fingerprint density at radius 2 is 2.00 bits per heavy atom. The molecule has 0 aliphatic heterocycles. The van der Waals surface area contributed by atoms with Gasteiger partial charge >= 0.3 is 5.97 Å². The summed E-state index contributed by atoms with van der Waals surface area (Å²) < 4.78 is 0. The average Bonchev–Trinajstić information content (AvgIpc) is 2.81. The quantitative estimate of drug-likeness (QED) is 0.881. The molecule has 96 valence electrons. The van der Waals surface area contributed by atoms with E-state index in [9.17, 15) is 9.59 Å². The van der Waals surface area contributed by atoms with Crippen LogP contribution >= 0.6 is 0 Å². The van der Waals surface area contributed by atoms with Crippen molar-refractivity contribution in [2.75, 3.05) is 13.1 Å². The van der Waals surface area contributed by atoms with Gasteiger partial charge in [-0.15, -0.1) is 0 Å². The minimum Gasteiger partial charge on any atom is -0.480 e. The predicted octanol–water partition coefficient (Wildman–Crippen LogP) is 1.72. The average molecular weight is 247 g/mol. The van der Waals surface area contributed by atoms with E-state index in [1.165, 1.54) is 16.0 Å². The first-order chi connectivity index (χ1) is 8.61. The highest BCUT2D eigenvalue weighted by Gasteiger charge is 2.19. The number of nitrogens with zero attached hydrogens (tertiary/aromatic N) is 1. The Balaban J connectivity index is 2.19. The van der Waals surface area contributed by atoms with E-state index in [4.69, 9.17) is 5.11 Å². The second-order valence-electron chi connectivity index (χ2n) is 4.55. The summed E-state index contributed by atoms with van der Waals surface area (Å²) in [5.74, 6) is -1.18. The molecule has 0 aromatic heterocycles. The third-order valence-electron chi connectivity index (χ3n) is 3.34. The number of carboxylic acids is 1. The van der Waals surface area contributed by atoms with Gasteiger partial charge in [-0.3, -0.25) is 9.59 Å². The van der Waals surface area contributed by atoms with Gasteiger partial charge in [0.25, 0.3) is 5.91 Å². The molecule has 1 aromatic rings. The van der Waals surface area contributed by atoms with E-state index in [1.807, 2.05) is 12.1 Å². The summed E-state index contributed by atoms with van der Waals surface area (Å²) >= 11 is 0. The molecular formula is C14H17NO3.